The maximum Gasteiger partial charge on any atom is 0.252 e. The first kappa shape index (κ1) is 23.7. The van der Waals surface area contributed by atoms with Crippen LogP contribution in [-0.4, -0.2) is 30.1 Å². The largest absolute Gasteiger partial charge is 0.468 e. The molecule has 1 N–H and O–H groups in total. The minimum absolute atomic E-state index is 0.0988. The van der Waals surface area contributed by atoms with Crippen molar-refractivity contribution in [3.05, 3.63) is 99.4 Å². The zero-order valence-corrected chi connectivity index (χ0v) is 20.9. The number of hydrogen-bond acceptors (Lipinski definition) is 7. The summed E-state index contributed by atoms with van der Waals surface area (Å²) in [6.45, 7) is 9.64. The van der Waals surface area contributed by atoms with Crippen LogP contribution in [0.4, 0.5) is 0 Å². The Morgan fingerprint density at radius 1 is 1.00 bits per heavy atom. The molecule has 5 rings (SSSR count). The van der Waals surface area contributed by atoms with Gasteiger partial charge in [0.2, 0.25) is 0 Å². The SMILES string of the molecule is Cc1ccc(C)c2[nH]c(=O)c(CN(Cc3ccco3)[C@@H](c3nnnn3Cc3ccco3)C(C)C)cc12. The van der Waals surface area contributed by atoms with Crippen LogP contribution < -0.4 is 5.56 Å². The third kappa shape index (κ3) is 4.74. The molecule has 0 amide bonds. The molecule has 0 radical (unpaired) electrons. The molecule has 0 aliphatic rings. The van der Waals surface area contributed by atoms with Crippen LogP contribution in [0.25, 0.3) is 10.9 Å². The zero-order valence-electron chi connectivity index (χ0n) is 20.9. The molecule has 0 saturated carbocycles. The van der Waals surface area contributed by atoms with E-state index < -0.39 is 0 Å². The van der Waals surface area contributed by atoms with Gasteiger partial charge in [-0.2, -0.15) is 0 Å². The van der Waals surface area contributed by atoms with E-state index in [0.29, 0.717) is 31.0 Å². The van der Waals surface area contributed by atoms with Crippen molar-refractivity contribution in [2.75, 3.05) is 0 Å². The molecule has 186 valence electrons. The maximum atomic E-state index is 13.2. The van der Waals surface area contributed by atoms with Gasteiger partial charge in [-0.3, -0.25) is 9.69 Å². The number of fused-ring (bicyclic) bond motifs is 1. The van der Waals surface area contributed by atoms with Crippen molar-refractivity contribution in [1.29, 1.82) is 0 Å². The van der Waals surface area contributed by atoms with Crippen LogP contribution in [0, 0.1) is 19.8 Å². The van der Waals surface area contributed by atoms with E-state index in [9.17, 15) is 4.79 Å². The number of H-pyrrole nitrogens is 1. The first-order valence-electron chi connectivity index (χ1n) is 12.1. The first-order chi connectivity index (χ1) is 17.4. The molecule has 1 aromatic carbocycles. The summed E-state index contributed by atoms with van der Waals surface area (Å²) in [4.78, 5) is 18.5. The minimum Gasteiger partial charge on any atom is -0.468 e. The molecule has 9 heteroatoms. The highest BCUT2D eigenvalue weighted by Gasteiger charge is 2.31. The van der Waals surface area contributed by atoms with Crippen molar-refractivity contribution in [3.8, 4) is 0 Å². The summed E-state index contributed by atoms with van der Waals surface area (Å²) < 4.78 is 13.0. The van der Waals surface area contributed by atoms with Gasteiger partial charge < -0.3 is 13.8 Å². The highest BCUT2D eigenvalue weighted by molar-refractivity contribution is 5.85. The molecule has 0 aliphatic heterocycles. The average molecular weight is 487 g/mol. The van der Waals surface area contributed by atoms with E-state index in [0.717, 1.165) is 33.6 Å². The highest BCUT2D eigenvalue weighted by Crippen LogP contribution is 2.31. The fourth-order valence-electron chi connectivity index (χ4n) is 4.78. The molecule has 36 heavy (non-hydrogen) atoms. The normalized spacial score (nSPS) is 12.7. The smallest absolute Gasteiger partial charge is 0.252 e. The topological polar surface area (TPSA) is 106 Å². The summed E-state index contributed by atoms with van der Waals surface area (Å²) in [5.41, 5.74) is 3.62. The maximum absolute atomic E-state index is 13.2. The third-order valence-electron chi connectivity index (χ3n) is 6.57. The van der Waals surface area contributed by atoms with Crippen LogP contribution in [0.2, 0.25) is 0 Å². The number of aryl methyl sites for hydroxylation is 2. The van der Waals surface area contributed by atoms with Crippen molar-refractivity contribution >= 4 is 10.9 Å². The Kier molecular flexibility index (Phi) is 6.56. The van der Waals surface area contributed by atoms with Crippen LogP contribution in [0.15, 0.2) is 68.6 Å². The van der Waals surface area contributed by atoms with Gasteiger partial charge >= 0.3 is 0 Å². The Bertz CT molecular complexity index is 1500. The monoisotopic (exact) mass is 486 g/mol. The highest BCUT2D eigenvalue weighted by atomic mass is 16.3. The molecule has 0 spiro atoms. The summed E-state index contributed by atoms with van der Waals surface area (Å²) >= 11 is 0. The number of rotatable bonds is 9. The summed E-state index contributed by atoms with van der Waals surface area (Å²) in [7, 11) is 0. The van der Waals surface area contributed by atoms with E-state index in [2.05, 4.69) is 52.2 Å². The molecule has 4 aromatic heterocycles. The number of benzene rings is 1. The average Bonchev–Trinajstić information content (AvgIpc) is 3.62. The van der Waals surface area contributed by atoms with E-state index >= 15 is 0 Å². The van der Waals surface area contributed by atoms with E-state index in [1.54, 1.807) is 17.2 Å². The van der Waals surface area contributed by atoms with Crippen molar-refractivity contribution in [1.82, 2.24) is 30.1 Å². The van der Waals surface area contributed by atoms with E-state index in [4.69, 9.17) is 8.83 Å². The Morgan fingerprint density at radius 2 is 1.72 bits per heavy atom. The van der Waals surface area contributed by atoms with Gasteiger partial charge in [0.1, 0.15) is 18.1 Å². The van der Waals surface area contributed by atoms with Crippen molar-refractivity contribution in [2.24, 2.45) is 5.92 Å². The van der Waals surface area contributed by atoms with Gasteiger partial charge in [0.15, 0.2) is 5.82 Å². The summed E-state index contributed by atoms with van der Waals surface area (Å²) in [6, 6.07) is 13.5. The van der Waals surface area contributed by atoms with E-state index in [-0.39, 0.29) is 17.5 Å². The zero-order chi connectivity index (χ0) is 25.2. The molecular weight excluding hydrogens is 456 g/mol. The fraction of sp³-hybridized carbons (Fsp3) is 0.333. The van der Waals surface area contributed by atoms with Crippen LogP contribution in [-0.2, 0) is 19.6 Å². The number of nitrogens with zero attached hydrogens (tertiary/aromatic N) is 5. The quantitative estimate of drug-likeness (QED) is 0.320. The van der Waals surface area contributed by atoms with Gasteiger partial charge in [0.25, 0.3) is 5.56 Å². The van der Waals surface area contributed by atoms with Crippen molar-refractivity contribution in [3.63, 3.8) is 0 Å². The van der Waals surface area contributed by atoms with Crippen LogP contribution in [0.5, 0.6) is 0 Å². The second-order valence-corrected chi connectivity index (χ2v) is 9.56. The fourth-order valence-corrected chi connectivity index (χ4v) is 4.78. The van der Waals surface area contributed by atoms with Gasteiger partial charge in [-0.15, -0.1) is 5.10 Å². The molecular formula is C27H30N6O3. The molecule has 1 atom stereocenters. The lowest BCUT2D eigenvalue weighted by atomic mass is 9.99. The molecule has 0 bridgehead atoms. The van der Waals surface area contributed by atoms with E-state index in [1.165, 1.54) is 0 Å². The predicted octanol–water partition coefficient (Wildman–Crippen LogP) is 4.77. The molecule has 0 aliphatic carbocycles. The van der Waals surface area contributed by atoms with Crippen molar-refractivity contribution in [2.45, 2.75) is 53.4 Å². The van der Waals surface area contributed by atoms with Gasteiger partial charge in [0, 0.05) is 17.5 Å². The summed E-state index contributed by atoms with van der Waals surface area (Å²) in [6.07, 6.45) is 3.30. The van der Waals surface area contributed by atoms with E-state index in [1.807, 2.05) is 43.3 Å². The molecule has 9 nitrogen and oxygen atoms in total. The van der Waals surface area contributed by atoms with Crippen LogP contribution in [0.3, 0.4) is 0 Å². The Morgan fingerprint density at radius 3 is 2.42 bits per heavy atom. The van der Waals surface area contributed by atoms with Crippen molar-refractivity contribution < 1.29 is 8.83 Å². The van der Waals surface area contributed by atoms with Crippen LogP contribution >= 0.6 is 0 Å². The lowest BCUT2D eigenvalue weighted by Crippen LogP contribution is -2.35. The number of tetrazole rings is 1. The minimum atomic E-state index is -0.186. The Hall–Kier alpha value is -3.98. The lowest BCUT2D eigenvalue weighted by molar-refractivity contribution is 0.116. The lowest BCUT2D eigenvalue weighted by Gasteiger charge is -2.32. The van der Waals surface area contributed by atoms with Gasteiger partial charge in [-0.05, 0) is 71.7 Å². The number of hydrogen-bond donors (Lipinski definition) is 1. The van der Waals surface area contributed by atoms with Crippen LogP contribution in [0.1, 0.15) is 53.9 Å². The number of pyridine rings is 1. The molecule has 0 saturated heterocycles. The first-order valence-corrected chi connectivity index (χ1v) is 12.1. The molecule has 0 fully saturated rings. The Balaban J connectivity index is 1.56. The number of nitrogens with one attached hydrogen (secondary N) is 1. The molecule has 0 unspecified atom stereocenters. The second kappa shape index (κ2) is 9.94. The number of aromatic amines is 1. The molecule has 5 aromatic rings. The van der Waals surface area contributed by atoms with Gasteiger partial charge in [-0.25, -0.2) is 4.68 Å². The second-order valence-electron chi connectivity index (χ2n) is 9.56. The van der Waals surface area contributed by atoms with Gasteiger partial charge in [-0.1, -0.05) is 26.0 Å². The van der Waals surface area contributed by atoms with Gasteiger partial charge in [0.05, 0.1) is 30.6 Å². The summed E-state index contributed by atoms with van der Waals surface area (Å²) in [5.74, 6) is 2.41. The predicted molar refractivity (Wildman–Crippen MR) is 135 cm³/mol. The Labute approximate surface area is 208 Å². The number of aromatic nitrogens is 5. The third-order valence-corrected chi connectivity index (χ3v) is 6.57. The summed E-state index contributed by atoms with van der Waals surface area (Å²) in [5, 5.41) is 13.7. The standard InChI is InChI=1S/C27H30N6O3/c1-17(2)25(26-29-30-31-33(26)16-22-8-6-12-36-22)32(15-21-7-5-11-35-21)14-20-13-23-18(3)9-10-19(4)24(23)28-27(20)34/h5-13,17,25H,14-16H2,1-4H3,(H,28,34)/t25-/m1/s1. The molecule has 4 heterocycles. The number of furan rings is 2.